The lowest BCUT2D eigenvalue weighted by atomic mass is 10.1. The number of carbonyl (C=O) groups is 1. The first kappa shape index (κ1) is 16.9. The molecule has 0 unspecified atom stereocenters. The molecule has 1 aliphatic heterocycles. The zero-order valence-electron chi connectivity index (χ0n) is 12.8. The van der Waals surface area contributed by atoms with Gasteiger partial charge in [0.2, 0.25) is 5.91 Å². The number of halogens is 3. The summed E-state index contributed by atoms with van der Waals surface area (Å²) in [6.45, 7) is 0.628. The van der Waals surface area contributed by atoms with Crippen LogP contribution in [0.15, 0.2) is 53.4 Å². The van der Waals surface area contributed by atoms with Crippen LogP contribution in [0.3, 0.4) is 0 Å². The van der Waals surface area contributed by atoms with Gasteiger partial charge < -0.3 is 4.90 Å². The summed E-state index contributed by atoms with van der Waals surface area (Å²) in [5, 5.41) is 0. The molecule has 0 spiro atoms. The van der Waals surface area contributed by atoms with Crippen LogP contribution in [0.1, 0.15) is 17.5 Å². The number of alkyl halides is 3. The van der Waals surface area contributed by atoms with Crippen molar-refractivity contribution in [3.63, 3.8) is 0 Å². The number of carbonyl (C=O) groups excluding carboxylic acids is 1. The van der Waals surface area contributed by atoms with Gasteiger partial charge >= 0.3 is 6.18 Å². The van der Waals surface area contributed by atoms with Crippen LogP contribution < -0.4 is 4.90 Å². The average Bonchev–Trinajstić information content (AvgIpc) is 2.77. The average molecular weight is 351 g/mol. The molecule has 0 atom stereocenters. The van der Waals surface area contributed by atoms with Crippen molar-refractivity contribution in [3.8, 4) is 0 Å². The Morgan fingerprint density at radius 3 is 2.50 bits per heavy atom. The van der Waals surface area contributed by atoms with Gasteiger partial charge in [-0.2, -0.15) is 13.2 Å². The van der Waals surface area contributed by atoms with Crippen molar-refractivity contribution in [2.24, 2.45) is 0 Å². The quantitative estimate of drug-likeness (QED) is 0.776. The molecule has 0 saturated heterocycles. The molecule has 126 valence electrons. The number of hydrogen-bond acceptors (Lipinski definition) is 2. The van der Waals surface area contributed by atoms with Gasteiger partial charge in [0.25, 0.3) is 0 Å². The van der Waals surface area contributed by atoms with E-state index >= 15 is 0 Å². The number of para-hydroxylation sites is 1. The molecule has 0 saturated carbocycles. The highest BCUT2D eigenvalue weighted by atomic mass is 32.2. The molecular weight excluding hydrogens is 335 g/mol. The van der Waals surface area contributed by atoms with Crippen LogP contribution in [0, 0.1) is 0 Å². The molecule has 2 aromatic rings. The molecule has 1 aliphatic rings. The predicted octanol–water partition coefficient (Wildman–Crippen LogP) is 4.78. The minimum Gasteiger partial charge on any atom is -0.311 e. The molecule has 6 heteroatoms. The summed E-state index contributed by atoms with van der Waals surface area (Å²) in [5.74, 6) is 0.853. The SMILES string of the molecule is O=C(Cc1ccc(C(F)(F)F)cc1)N1CCCSc2ccccc21. The molecule has 0 fully saturated rings. The van der Waals surface area contributed by atoms with Gasteiger partial charge in [-0.15, -0.1) is 11.8 Å². The summed E-state index contributed by atoms with van der Waals surface area (Å²) >= 11 is 1.72. The summed E-state index contributed by atoms with van der Waals surface area (Å²) < 4.78 is 37.8. The van der Waals surface area contributed by atoms with Crippen LogP contribution >= 0.6 is 11.8 Å². The van der Waals surface area contributed by atoms with E-state index in [2.05, 4.69) is 0 Å². The van der Waals surface area contributed by atoms with Crippen LogP contribution in [-0.4, -0.2) is 18.2 Å². The minimum absolute atomic E-state index is 0.0929. The molecule has 0 bridgehead atoms. The lowest BCUT2D eigenvalue weighted by Crippen LogP contribution is -2.33. The Labute approximate surface area is 142 Å². The highest BCUT2D eigenvalue weighted by Gasteiger charge is 2.30. The Kier molecular flexibility index (Phi) is 4.85. The molecule has 2 aromatic carbocycles. The van der Waals surface area contributed by atoms with Gasteiger partial charge in [-0.05, 0) is 42.0 Å². The van der Waals surface area contributed by atoms with Gasteiger partial charge in [0, 0.05) is 11.4 Å². The van der Waals surface area contributed by atoms with E-state index in [0.717, 1.165) is 34.9 Å². The maximum Gasteiger partial charge on any atom is 0.416 e. The Morgan fingerprint density at radius 2 is 1.79 bits per heavy atom. The molecule has 0 radical (unpaired) electrons. The highest BCUT2D eigenvalue weighted by molar-refractivity contribution is 7.99. The fourth-order valence-electron chi connectivity index (χ4n) is 2.67. The third-order valence-electron chi connectivity index (χ3n) is 3.88. The summed E-state index contributed by atoms with van der Waals surface area (Å²) in [6.07, 6.45) is -3.38. The van der Waals surface area contributed by atoms with Crippen LogP contribution in [0.5, 0.6) is 0 Å². The molecule has 1 heterocycles. The maximum atomic E-state index is 12.7. The van der Waals surface area contributed by atoms with Crippen molar-refractivity contribution >= 4 is 23.4 Å². The van der Waals surface area contributed by atoms with Crippen molar-refractivity contribution in [1.82, 2.24) is 0 Å². The molecule has 0 aromatic heterocycles. The van der Waals surface area contributed by atoms with Crippen molar-refractivity contribution in [2.75, 3.05) is 17.2 Å². The number of nitrogens with zero attached hydrogens (tertiary/aromatic N) is 1. The monoisotopic (exact) mass is 351 g/mol. The van der Waals surface area contributed by atoms with Gasteiger partial charge in [-0.1, -0.05) is 24.3 Å². The van der Waals surface area contributed by atoms with E-state index in [9.17, 15) is 18.0 Å². The first-order chi connectivity index (χ1) is 11.4. The maximum absolute atomic E-state index is 12.7. The first-order valence-electron chi connectivity index (χ1n) is 7.63. The van der Waals surface area contributed by atoms with Crippen LogP contribution in [0.4, 0.5) is 18.9 Å². The van der Waals surface area contributed by atoms with Crippen molar-refractivity contribution in [1.29, 1.82) is 0 Å². The van der Waals surface area contributed by atoms with Crippen molar-refractivity contribution < 1.29 is 18.0 Å². The fourth-order valence-corrected chi connectivity index (χ4v) is 3.66. The number of anilines is 1. The molecule has 0 N–H and O–H groups in total. The predicted molar refractivity (Wildman–Crippen MR) is 89.3 cm³/mol. The van der Waals surface area contributed by atoms with E-state index in [1.165, 1.54) is 12.1 Å². The Balaban J connectivity index is 1.78. The number of thioether (sulfide) groups is 1. The van der Waals surface area contributed by atoms with E-state index in [4.69, 9.17) is 0 Å². The molecule has 1 amide bonds. The standard InChI is InChI=1S/C18H16F3NOS/c19-18(20,21)14-8-6-13(7-9-14)12-17(23)22-10-3-11-24-16-5-2-1-4-15(16)22/h1-2,4-9H,3,10-12H2. The van der Waals surface area contributed by atoms with E-state index in [0.29, 0.717) is 12.1 Å². The van der Waals surface area contributed by atoms with Crippen LogP contribution in [0.25, 0.3) is 0 Å². The Bertz CT molecular complexity index is 728. The lowest BCUT2D eigenvalue weighted by Gasteiger charge is -2.22. The second kappa shape index (κ2) is 6.89. The van der Waals surface area contributed by atoms with Crippen LogP contribution in [-0.2, 0) is 17.4 Å². The summed E-state index contributed by atoms with van der Waals surface area (Å²) in [7, 11) is 0. The number of fused-ring (bicyclic) bond motifs is 1. The zero-order chi connectivity index (χ0) is 17.2. The summed E-state index contributed by atoms with van der Waals surface area (Å²) in [4.78, 5) is 15.5. The largest absolute Gasteiger partial charge is 0.416 e. The van der Waals surface area contributed by atoms with E-state index in [-0.39, 0.29) is 12.3 Å². The van der Waals surface area contributed by atoms with Gasteiger partial charge in [0.1, 0.15) is 0 Å². The molecule has 2 nitrogen and oxygen atoms in total. The normalized spacial score (nSPS) is 14.9. The number of amides is 1. The second-order valence-electron chi connectivity index (χ2n) is 5.59. The third kappa shape index (κ3) is 3.75. The van der Waals surface area contributed by atoms with Gasteiger partial charge in [0.05, 0.1) is 17.7 Å². The number of rotatable bonds is 2. The van der Waals surface area contributed by atoms with Gasteiger partial charge in [-0.3, -0.25) is 4.79 Å². The van der Waals surface area contributed by atoms with E-state index < -0.39 is 11.7 Å². The highest BCUT2D eigenvalue weighted by Crippen LogP contribution is 2.34. The first-order valence-corrected chi connectivity index (χ1v) is 8.62. The molecule has 24 heavy (non-hydrogen) atoms. The lowest BCUT2D eigenvalue weighted by molar-refractivity contribution is -0.137. The van der Waals surface area contributed by atoms with Gasteiger partial charge in [0.15, 0.2) is 0 Å². The number of benzene rings is 2. The Morgan fingerprint density at radius 1 is 1.08 bits per heavy atom. The number of hydrogen-bond donors (Lipinski definition) is 0. The Hall–Kier alpha value is -1.95. The molecule has 0 aliphatic carbocycles. The van der Waals surface area contributed by atoms with Crippen LogP contribution in [0.2, 0.25) is 0 Å². The molecular formula is C18H16F3NOS. The summed E-state index contributed by atoms with van der Waals surface area (Å²) in [5.41, 5.74) is 0.773. The van der Waals surface area contributed by atoms with E-state index in [1.54, 1.807) is 16.7 Å². The smallest absolute Gasteiger partial charge is 0.311 e. The third-order valence-corrected chi connectivity index (χ3v) is 5.03. The van der Waals surface area contributed by atoms with E-state index in [1.807, 2.05) is 24.3 Å². The molecule has 3 rings (SSSR count). The van der Waals surface area contributed by atoms with Gasteiger partial charge in [-0.25, -0.2) is 0 Å². The minimum atomic E-state index is -4.36. The summed E-state index contributed by atoms with van der Waals surface area (Å²) in [6, 6.07) is 12.5. The second-order valence-corrected chi connectivity index (χ2v) is 6.72. The fraction of sp³-hybridized carbons (Fsp3) is 0.278. The zero-order valence-corrected chi connectivity index (χ0v) is 13.7. The van der Waals surface area contributed by atoms with Crippen molar-refractivity contribution in [2.45, 2.75) is 23.9 Å². The van der Waals surface area contributed by atoms with Crippen molar-refractivity contribution in [3.05, 3.63) is 59.7 Å². The topological polar surface area (TPSA) is 20.3 Å².